The topological polar surface area (TPSA) is 117 Å². The Morgan fingerprint density at radius 1 is 0.879 bits per heavy atom. The zero-order valence-corrected chi connectivity index (χ0v) is 19.5. The Balaban J connectivity index is 1.37. The van der Waals surface area contributed by atoms with Crippen LogP contribution in [0.3, 0.4) is 0 Å². The number of nitrogens with zero attached hydrogens (tertiary/aromatic N) is 1. The fourth-order valence-electron chi connectivity index (χ4n) is 2.80. The fourth-order valence-corrected chi connectivity index (χ4v) is 5.48. The van der Waals surface area contributed by atoms with Crippen LogP contribution in [0, 0.1) is 0 Å². The molecular formula is C22H18N4O4S3. The van der Waals surface area contributed by atoms with Crippen molar-refractivity contribution in [3.63, 3.8) is 0 Å². The van der Waals surface area contributed by atoms with Crippen LogP contribution >= 0.6 is 22.7 Å². The highest BCUT2D eigenvalue weighted by molar-refractivity contribution is 7.89. The lowest BCUT2D eigenvalue weighted by atomic mass is 10.2. The van der Waals surface area contributed by atoms with E-state index >= 15 is 0 Å². The molecule has 0 aliphatic rings. The van der Waals surface area contributed by atoms with Crippen LogP contribution in [0.5, 0.6) is 0 Å². The average molecular weight is 499 g/mol. The first-order valence-corrected chi connectivity index (χ1v) is 12.9. The number of thiazole rings is 1. The number of hydrogen-bond acceptors (Lipinski definition) is 7. The van der Waals surface area contributed by atoms with Crippen LogP contribution in [0.15, 0.2) is 82.4 Å². The number of hydrazine groups is 1. The van der Waals surface area contributed by atoms with Gasteiger partial charge in [0.2, 0.25) is 10.0 Å². The second-order valence-electron chi connectivity index (χ2n) is 6.76. The highest BCUT2D eigenvalue weighted by atomic mass is 32.2. The van der Waals surface area contributed by atoms with E-state index in [0.717, 1.165) is 10.4 Å². The zero-order valence-electron chi connectivity index (χ0n) is 17.0. The first-order valence-electron chi connectivity index (χ1n) is 9.66. The van der Waals surface area contributed by atoms with Gasteiger partial charge in [-0.25, -0.2) is 18.1 Å². The van der Waals surface area contributed by atoms with Gasteiger partial charge in [-0.05, 0) is 35.2 Å². The summed E-state index contributed by atoms with van der Waals surface area (Å²) in [6.07, 6.45) is 0. The van der Waals surface area contributed by atoms with Gasteiger partial charge in [0.25, 0.3) is 11.8 Å². The SMILES string of the molecule is O=C(NNC(=O)c1csc(-c2cccs2)n1)c1cccc(S(=O)(=O)NCc2ccccc2)c1. The van der Waals surface area contributed by atoms with Crippen LogP contribution in [0.25, 0.3) is 9.88 Å². The summed E-state index contributed by atoms with van der Waals surface area (Å²) < 4.78 is 27.7. The van der Waals surface area contributed by atoms with E-state index in [1.54, 1.807) is 17.5 Å². The number of nitrogens with one attached hydrogen (secondary N) is 3. The van der Waals surface area contributed by atoms with Crippen molar-refractivity contribution in [2.75, 3.05) is 0 Å². The summed E-state index contributed by atoms with van der Waals surface area (Å²) in [4.78, 5) is 30.0. The summed E-state index contributed by atoms with van der Waals surface area (Å²) in [6.45, 7) is 0.122. The van der Waals surface area contributed by atoms with Gasteiger partial charge in [-0.3, -0.25) is 20.4 Å². The molecule has 0 aliphatic carbocycles. The van der Waals surface area contributed by atoms with Crippen molar-refractivity contribution in [2.24, 2.45) is 0 Å². The molecule has 0 radical (unpaired) electrons. The molecule has 0 fully saturated rings. The number of thiophene rings is 1. The average Bonchev–Trinajstić information content (AvgIpc) is 3.54. The minimum Gasteiger partial charge on any atom is -0.267 e. The van der Waals surface area contributed by atoms with Crippen LogP contribution in [-0.4, -0.2) is 25.2 Å². The normalized spacial score (nSPS) is 11.2. The van der Waals surface area contributed by atoms with Crippen molar-refractivity contribution < 1.29 is 18.0 Å². The number of sulfonamides is 1. The minimum atomic E-state index is -3.83. The van der Waals surface area contributed by atoms with E-state index in [1.165, 1.54) is 46.9 Å². The minimum absolute atomic E-state index is 0.0579. The van der Waals surface area contributed by atoms with Crippen molar-refractivity contribution >= 4 is 44.5 Å². The van der Waals surface area contributed by atoms with Crippen molar-refractivity contribution in [3.8, 4) is 9.88 Å². The van der Waals surface area contributed by atoms with E-state index in [0.29, 0.717) is 5.01 Å². The quantitative estimate of drug-likeness (QED) is 0.338. The molecule has 4 rings (SSSR count). The first kappa shape index (κ1) is 22.8. The summed E-state index contributed by atoms with van der Waals surface area (Å²) in [6, 6.07) is 18.4. The van der Waals surface area contributed by atoms with E-state index in [4.69, 9.17) is 0 Å². The molecule has 0 aliphatic heterocycles. The summed E-state index contributed by atoms with van der Waals surface area (Å²) in [5.74, 6) is -1.23. The smallest absolute Gasteiger partial charge is 0.267 e. The lowest BCUT2D eigenvalue weighted by Crippen LogP contribution is -2.41. The molecule has 2 aromatic heterocycles. The van der Waals surface area contributed by atoms with E-state index in [-0.39, 0.29) is 22.7 Å². The Kier molecular flexibility index (Phi) is 6.94. The van der Waals surface area contributed by atoms with Gasteiger partial charge in [0, 0.05) is 17.5 Å². The standard InChI is InChI=1S/C22H18N4O4S3/c27-20(25-26-21(28)18-14-32-22(24-18)19-10-5-11-31-19)16-8-4-9-17(12-16)33(29,30)23-13-15-6-2-1-3-7-15/h1-12,14,23H,13H2,(H,25,27)(H,26,28). The largest absolute Gasteiger partial charge is 0.289 e. The molecule has 33 heavy (non-hydrogen) atoms. The van der Waals surface area contributed by atoms with Crippen LogP contribution < -0.4 is 15.6 Å². The fraction of sp³-hybridized carbons (Fsp3) is 0.0455. The molecule has 0 spiro atoms. The lowest BCUT2D eigenvalue weighted by molar-refractivity contribution is 0.0844. The van der Waals surface area contributed by atoms with Gasteiger partial charge in [0.1, 0.15) is 10.7 Å². The Labute approximate surface area is 198 Å². The Morgan fingerprint density at radius 3 is 2.42 bits per heavy atom. The predicted molar refractivity (Wildman–Crippen MR) is 127 cm³/mol. The number of aromatic nitrogens is 1. The maximum atomic E-state index is 12.6. The molecule has 2 aromatic carbocycles. The molecule has 168 valence electrons. The van der Waals surface area contributed by atoms with Crippen LogP contribution in [-0.2, 0) is 16.6 Å². The highest BCUT2D eigenvalue weighted by Crippen LogP contribution is 2.27. The van der Waals surface area contributed by atoms with E-state index in [9.17, 15) is 18.0 Å². The molecule has 0 atom stereocenters. The summed E-state index contributed by atoms with van der Waals surface area (Å²) in [5.41, 5.74) is 5.65. The highest BCUT2D eigenvalue weighted by Gasteiger charge is 2.17. The van der Waals surface area contributed by atoms with Crippen molar-refractivity contribution in [1.82, 2.24) is 20.6 Å². The van der Waals surface area contributed by atoms with Gasteiger partial charge in [0.15, 0.2) is 0 Å². The molecule has 3 N–H and O–H groups in total. The third-order valence-corrected chi connectivity index (χ3v) is 7.75. The van der Waals surface area contributed by atoms with Gasteiger partial charge >= 0.3 is 0 Å². The van der Waals surface area contributed by atoms with Crippen LogP contribution in [0.1, 0.15) is 26.4 Å². The summed E-state index contributed by atoms with van der Waals surface area (Å²) in [5, 5.41) is 4.23. The van der Waals surface area contributed by atoms with Crippen molar-refractivity contribution in [3.05, 3.63) is 94.3 Å². The van der Waals surface area contributed by atoms with Crippen LogP contribution in [0.2, 0.25) is 0 Å². The van der Waals surface area contributed by atoms with Gasteiger partial charge in [0.05, 0.1) is 9.77 Å². The molecule has 8 nitrogen and oxygen atoms in total. The summed E-state index contributed by atoms with van der Waals surface area (Å²) in [7, 11) is -3.83. The molecular weight excluding hydrogens is 480 g/mol. The molecule has 11 heteroatoms. The van der Waals surface area contributed by atoms with E-state index in [2.05, 4.69) is 20.6 Å². The number of benzene rings is 2. The molecule has 0 saturated heterocycles. The van der Waals surface area contributed by atoms with E-state index < -0.39 is 21.8 Å². The summed E-state index contributed by atoms with van der Waals surface area (Å²) >= 11 is 2.84. The maximum absolute atomic E-state index is 12.6. The maximum Gasteiger partial charge on any atom is 0.289 e. The molecule has 0 unspecified atom stereocenters. The second-order valence-corrected chi connectivity index (χ2v) is 10.3. The van der Waals surface area contributed by atoms with Gasteiger partial charge in [-0.15, -0.1) is 22.7 Å². The third-order valence-electron chi connectivity index (χ3n) is 4.47. The zero-order chi connectivity index (χ0) is 23.3. The predicted octanol–water partition coefficient (Wildman–Crippen LogP) is 3.42. The van der Waals surface area contributed by atoms with Gasteiger partial charge < -0.3 is 0 Å². The molecule has 0 bridgehead atoms. The number of carbonyl (C=O) groups is 2. The van der Waals surface area contributed by atoms with E-state index in [1.807, 2.05) is 35.7 Å². The third kappa shape index (κ3) is 5.71. The number of rotatable bonds is 7. The monoisotopic (exact) mass is 498 g/mol. The van der Waals surface area contributed by atoms with Gasteiger partial charge in [-0.2, -0.15) is 0 Å². The van der Waals surface area contributed by atoms with Gasteiger partial charge in [-0.1, -0.05) is 42.5 Å². The molecule has 0 saturated carbocycles. The lowest BCUT2D eigenvalue weighted by Gasteiger charge is -2.09. The van der Waals surface area contributed by atoms with Crippen molar-refractivity contribution in [1.29, 1.82) is 0 Å². The number of amides is 2. The Morgan fingerprint density at radius 2 is 1.67 bits per heavy atom. The Hall–Kier alpha value is -3.38. The number of hydrogen-bond donors (Lipinski definition) is 3. The van der Waals surface area contributed by atoms with Crippen molar-refractivity contribution in [2.45, 2.75) is 11.4 Å². The molecule has 2 heterocycles. The first-order chi connectivity index (χ1) is 15.9. The second kappa shape index (κ2) is 10.0. The molecule has 4 aromatic rings. The number of carbonyl (C=O) groups excluding carboxylic acids is 2. The van der Waals surface area contributed by atoms with Crippen LogP contribution in [0.4, 0.5) is 0 Å². The Bertz CT molecular complexity index is 1370. The molecule has 2 amide bonds.